The van der Waals surface area contributed by atoms with Crippen LogP contribution in [0.5, 0.6) is 0 Å². The van der Waals surface area contributed by atoms with Crippen molar-refractivity contribution in [2.75, 3.05) is 0 Å². The summed E-state index contributed by atoms with van der Waals surface area (Å²) in [5.41, 5.74) is 0.516. The van der Waals surface area contributed by atoms with Crippen LogP contribution in [0.4, 0.5) is 4.39 Å². The molecule has 1 heterocycles. The number of nitrogens with one attached hydrogen (secondary N) is 1. The molecule has 2 aromatic rings. The molecule has 0 aliphatic rings. The zero-order valence-electron chi connectivity index (χ0n) is 10.9. The fourth-order valence-electron chi connectivity index (χ4n) is 1.67. The van der Waals surface area contributed by atoms with Crippen molar-refractivity contribution in [2.45, 2.75) is 32.9 Å². The second-order valence-electron chi connectivity index (χ2n) is 4.63. The normalized spacial score (nSPS) is 11.2. The fourth-order valence-corrected chi connectivity index (χ4v) is 2.78. The Balaban J connectivity index is 2.07. The number of halogens is 2. The molecule has 0 aliphatic carbocycles. The number of aromatic nitrogens is 1. The average molecular weight is 299 g/mol. The Kier molecular flexibility index (Phi) is 4.91. The molecule has 1 aromatic heterocycles. The summed E-state index contributed by atoms with van der Waals surface area (Å²) in [6.07, 6.45) is 2.28. The van der Waals surface area contributed by atoms with Crippen molar-refractivity contribution in [1.29, 1.82) is 0 Å². The summed E-state index contributed by atoms with van der Waals surface area (Å²) in [4.78, 5) is 5.47. The van der Waals surface area contributed by atoms with E-state index < -0.39 is 0 Å². The minimum absolute atomic E-state index is 0.274. The number of hydrogen-bond acceptors (Lipinski definition) is 3. The molecule has 0 saturated heterocycles. The van der Waals surface area contributed by atoms with E-state index in [1.165, 1.54) is 6.07 Å². The van der Waals surface area contributed by atoms with Gasteiger partial charge in [0.1, 0.15) is 5.82 Å². The quantitative estimate of drug-likeness (QED) is 0.901. The van der Waals surface area contributed by atoms with Crippen LogP contribution < -0.4 is 5.32 Å². The lowest BCUT2D eigenvalue weighted by atomic mass is 10.1. The van der Waals surface area contributed by atoms with E-state index in [1.807, 2.05) is 6.20 Å². The largest absolute Gasteiger partial charge is 0.310 e. The molecule has 19 heavy (non-hydrogen) atoms. The van der Waals surface area contributed by atoms with Crippen molar-refractivity contribution in [3.05, 3.63) is 50.7 Å². The molecule has 0 unspecified atom stereocenters. The fraction of sp³-hybridized carbons (Fsp3) is 0.357. The van der Waals surface area contributed by atoms with Gasteiger partial charge in [0.25, 0.3) is 0 Å². The van der Waals surface area contributed by atoms with Crippen molar-refractivity contribution < 1.29 is 4.39 Å². The summed E-state index contributed by atoms with van der Waals surface area (Å²) in [6.45, 7) is 4.99. The van der Waals surface area contributed by atoms with Gasteiger partial charge in [-0.15, -0.1) is 11.3 Å². The molecule has 0 aliphatic heterocycles. The van der Waals surface area contributed by atoms with Crippen molar-refractivity contribution in [2.24, 2.45) is 0 Å². The number of rotatable bonds is 5. The van der Waals surface area contributed by atoms with Crippen LogP contribution in [0.25, 0.3) is 0 Å². The third-order valence-corrected chi connectivity index (χ3v) is 4.03. The van der Waals surface area contributed by atoms with E-state index in [-0.39, 0.29) is 5.82 Å². The Morgan fingerprint density at radius 1 is 1.42 bits per heavy atom. The second kappa shape index (κ2) is 6.46. The minimum Gasteiger partial charge on any atom is -0.310 e. The summed E-state index contributed by atoms with van der Waals surface area (Å²) in [5.74, 6) is -0.274. The van der Waals surface area contributed by atoms with Crippen LogP contribution in [0.1, 0.15) is 29.3 Å². The van der Waals surface area contributed by atoms with Crippen molar-refractivity contribution in [3.8, 4) is 0 Å². The number of thiazole rings is 1. The zero-order valence-corrected chi connectivity index (χ0v) is 12.5. The molecule has 5 heteroatoms. The molecule has 102 valence electrons. The number of hydrogen-bond donors (Lipinski definition) is 1. The van der Waals surface area contributed by atoms with Gasteiger partial charge in [0, 0.05) is 40.7 Å². The van der Waals surface area contributed by atoms with E-state index in [4.69, 9.17) is 11.6 Å². The maximum atomic E-state index is 13.7. The molecule has 0 atom stereocenters. The highest BCUT2D eigenvalue weighted by Crippen LogP contribution is 2.24. The smallest absolute Gasteiger partial charge is 0.128 e. The summed E-state index contributed by atoms with van der Waals surface area (Å²) in [6, 6.07) is 5.18. The zero-order chi connectivity index (χ0) is 13.8. The summed E-state index contributed by atoms with van der Waals surface area (Å²) in [5, 5.41) is 4.67. The maximum absolute atomic E-state index is 13.7. The van der Waals surface area contributed by atoms with Crippen LogP contribution in [0.2, 0.25) is 5.02 Å². The first kappa shape index (κ1) is 14.4. The summed E-state index contributed by atoms with van der Waals surface area (Å²) in [7, 11) is 0. The molecule has 0 saturated carbocycles. The standard InChI is InChI=1S/C14H16ClFN2S/c1-9(2)17-7-10-8-18-14(19-10)6-11-12(15)4-3-5-13(11)16/h3-5,8-9,17H,6-7H2,1-2H3. The van der Waals surface area contributed by atoms with Crippen molar-refractivity contribution in [1.82, 2.24) is 10.3 Å². The SMILES string of the molecule is CC(C)NCc1cnc(Cc2c(F)cccc2Cl)s1. The molecule has 0 radical (unpaired) electrons. The van der Waals surface area contributed by atoms with Crippen molar-refractivity contribution >= 4 is 22.9 Å². The lowest BCUT2D eigenvalue weighted by molar-refractivity contribution is 0.593. The highest BCUT2D eigenvalue weighted by molar-refractivity contribution is 7.11. The summed E-state index contributed by atoms with van der Waals surface area (Å²) >= 11 is 7.60. The van der Waals surface area contributed by atoms with Gasteiger partial charge in [-0.3, -0.25) is 0 Å². The Labute approximate surface area is 121 Å². The topological polar surface area (TPSA) is 24.9 Å². The Morgan fingerprint density at radius 2 is 2.21 bits per heavy atom. The van der Waals surface area contributed by atoms with E-state index in [0.29, 0.717) is 23.0 Å². The second-order valence-corrected chi connectivity index (χ2v) is 6.24. The van der Waals surface area contributed by atoms with E-state index in [2.05, 4.69) is 24.1 Å². The maximum Gasteiger partial charge on any atom is 0.128 e. The molecule has 1 aromatic carbocycles. The van der Waals surface area contributed by atoms with Gasteiger partial charge in [-0.25, -0.2) is 9.37 Å². The van der Waals surface area contributed by atoms with Crippen LogP contribution in [0, 0.1) is 5.82 Å². The molecular formula is C14H16ClFN2S. The molecule has 2 rings (SSSR count). The first-order valence-electron chi connectivity index (χ1n) is 6.16. The number of benzene rings is 1. The highest BCUT2D eigenvalue weighted by atomic mass is 35.5. The van der Waals surface area contributed by atoms with Gasteiger partial charge in [0.05, 0.1) is 5.01 Å². The molecule has 1 N–H and O–H groups in total. The van der Waals surface area contributed by atoms with Crippen LogP contribution in [-0.2, 0) is 13.0 Å². The molecule has 0 bridgehead atoms. The Bertz CT molecular complexity index is 534. The Hall–Kier alpha value is -0.970. The van der Waals surface area contributed by atoms with Gasteiger partial charge in [0.15, 0.2) is 0 Å². The van der Waals surface area contributed by atoms with Gasteiger partial charge >= 0.3 is 0 Å². The monoisotopic (exact) mass is 298 g/mol. The van der Waals surface area contributed by atoms with Crippen LogP contribution in [0.15, 0.2) is 24.4 Å². The van der Waals surface area contributed by atoms with Crippen LogP contribution in [0.3, 0.4) is 0 Å². The predicted octanol–water partition coefficient (Wildman–Crippen LogP) is 4.02. The van der Waals surface area contributed by atoms with Crippen molar-refractivity contribution in [3.63, 3.8) is 0 Å². The third-order valence-electron chi connectivity index (χ3n) is 2.68. The van der Waals surface area contributed by atoms with E-state index in [9.17, 15) is 4.39 Å². The molecule has 0 fully saturated rings. The highest BCUT2D eigenvalue weighted by Gasteiger charge is 2.10. The lowest BCUT2D eigenvalue weighted by Gasteiger charge is -2.05. The minimum atomic E-state index is -0.274. The van der Waals surface area contributed by atoms with Gasteiger partial charge in [-0.05, 0) is 12.1 Å². The Morgan fingerprint density at radius 3 is 2.89 bits per heavy atom. The first-order chi connectivity index (χ1) is 9.06. The average Bonchev–Trinajstić information content (AvgIpc) is 2.79. The third kappa shape index (κ3) is 4.00. The van der Waals surface area contributed by atoms with Gasteiger partial charge < -0.3 is 5.32 Å². The molecular weight excluding hydrogens is 283 g/mol. The molecule has 0 spiro atoms. The predicted molar refractivity (Wildman–Crippen MR) is 78.3 cm³/mol. The molecule has 0 amide bonds. The van der Waals surface area contributed by atoms with Gasteiger partial charge in [-0.1, -0.05) is 31.5 Å². The van der Waals surface area contributed by atoms with Crippen LogP contribution in [-0.4, -0.2) is 11.0 Å². The van der Waals surface area contributed by atoms with Gasteiger partial charge in [-0.2, -0.15) is 0 Å². The van der Waals surface area contributed by atoms with E-state index >= 15 is 0 Å². The molecule has 2 nitrogen and oxygen atoms in total. The first-order valence-corrected chi connectivity index (χ1v) is 7.35. The lowest BCUT2D eigenvalue weighted by Crippen LogP contribution is -2.21. The van der Waals surface area contributed by atoms with E-state index in [0.717, 1.165) is 16.4 Å². The van der Waals surface area contributed by atoms with Crippen LogP contribution >= 0.6 is 22.9 Å². The number of nitrogens with zero attached hydrogens (tertiary/aromatic N) is 1. The van der Waals surface area contributed by atoms with E-state index in [1.54, 1.807) is 23.5 Å². The summed E-state index contributed by atoms with van der Waals surface area (Å²) < 4.78 is 13.7. The van der Waals surface area contributed by atoms with Gasteiger partial charge in [0.2, 0.25) is 0 Å².